The first-order valence-corrected chi connectivity index (χ1v) is 19.0. The van der Waals surface area contributed by atoms with Gasteiger partial charge in [0.25, 0.3) is 11.8 Å². The number of carbonyl (C=O) groups is 3. The number of hydrogen-bond acceptors (Lipinski definition) is 8. The number of pyridine rings is 1. The van der Waals surface area contributed by atoms with Crippen LogP contribution >= 0.6 is 0 Å². The van der Waals surface area contributed by atoms with Crippen molar-refractivity contribution in [1.82, 2.24) is 15.2 Å². The van der Waals surface area contributed by atoms with Gasteiger partial charge in [-0.3, -0.25) is 24.3 Å². The summed E-state index contributed by atoms with van der Waals surface area (Å²) in [7, 11) is 0. The molecule has 276 valence electrons. The first-order chi connectivity index (χ1) is 25.7. The number of nitrogens with two attached hydrogens (primary N) is 1. The SMILES string of the molecule is CC(N)(CCN1CCOCC1)C(=O)c1cccc(C(=O)Nc2ccc(N3CCCCC3)cc2-c2cc(C(=O)N[C@@H]3CCCc4ccccc43)ccn2)c1. The Morgan fingerprint density at radius 2 is 1.62 bits per heavy atom. The Hall–Kier alpha value is -4.90. The van der Waals surface area contributed by atoms with Gasteiger partial charge in [0.05, 0.1) is 36.2 Å². The zero-order chi connectivity index (χ0) is 36.8. The normalized spacial score (nSPS) is 18.8. The van der Waals surface area contributed by atoms with E-state index in [1.165, 1.54) is 17.5 Å². The first-order valence-electron chi connectivity index (χ1n) is 19.0. The van der Waals surface area contributed by atoms with Crippen molar-refractivity contribution in [1.29, 1.82) is 0 Å². The van der Waals surface area contributed by atoms with Gasteiger partial charge in [0.15, 0.2) is 5.78 Å². The minimum absolute atomic E-state index is 0.0501. The lowest BCUT2D eigenvalue weighted by Gasteiger charge is -2.30. The summed E-state index contributed by atoms with van der Waals surface area (Å²) in [6, 6.07) is 24.5. The van der Waals surface area contributed by atoms with Gasteiger partial charge in [0.2, 0.25) is 0 Å². The van der Waals surface area contributed by atoms with E-state index in [0.717, 1.165) is 64.0 Å². The number of anilines is 2. The molecule has 0 spiro atoms. The van der Waals surface area contributed by atoms with E-state index in [-0.39, 0.29) is 23.6 Å². The molecule has 0 bridgehead atoms. The van der Waals surface area contributed by atoms with Crippen LogP contribution in [-0.4, -0.2) is 79.0 Å². The third kappa shape index (κ3) is 8.67. The van der Waals surface area contributed by atoms with Crippen molar-refractivity contribution in [3.8, 4) is 11.3 Å². The highest BCUT2D eigenvalue weighted by molar-refractivity contribution is 6.09. The summed E-state index contributed by atoms with van der Waals surface area (Å²) in [4.78, 5) is 50.5. The van der Waals surface area contributed by atoms with E-state index >= 15 is 0 Å². The van der Waals surface area contributed by atoms with Crippen molar-refractivity contribution in [2.24, 2.45) is 5.73 Å². The maximum Gasteiger partial charge on any atom is 0.255 e. The average Bonchev–Trinajstić information content (AvgIpc) is 3.21. The Morgan fingerprint density at radius 3 is 2.45 bits per heavy atom. The molecule has 1 unspecified atom stereocenters. The summed E-state index contributed by atoms with van der Waals surface area (Å²) in [6.45, 7) is 7.38. The van der Waals surface area contributed by atoms with Crippen molar-refractivity contribution in [3.05, 3.63) is 113 Å². The van der Waals surface area contributed by atoms with Crippen LogP contribution in [0.1, 0.15) is 93.7 Å². The quantitative estimate of drug-likeness (QED) is 0.152. The summed E-state index contributed by atoms with van der Waals surface area (Å²) in [5.74, 6) is -0.724. The van der Waals surface area contributed by atoms with Gasteiger partial charge in [-0.05, 0) is 105 Å². The van der Waals surface area contributed by atoms with Gasteiger partial charge in [-0.25, -0.2) is 0 Å². The minimum Gasteiger partial charge on any atom is -0.379 e. The fourth-order valence-electron chi connectivity index (χ4n) is 7.72. The molecule has 2 amide bonds. The van der Waals surface area contributed by atoms with E-state index in [9.17, 15) is 14.4 Å². The van der Waals surface area contributed by atoms with E-state index in [2.05, 4.69) is 38.6 Å². The van der Waals surface area contributed by atoms with Crippen LogP contribution in [0.15, 0.2) is 85.1 Å². The number of nitrogens with zero attached hydrogens (tertiary/aromatic N) is 3. The molecule has 2 saturated heterocycles. The number of Topliss-reactive ketones (excluding diaryl/α,β-unsaturated/α-hetero) is 1. The number of fused-ring (bicyclic) bond motifs is 1. The molecule has 3 aromatic carbocycles. The zero-order valence-corrected chi connectivity index (χ0v) is 30.6. The van der Waals surface area contributed by atoms with Crippen LogP contribution in [0.2, 0.25) is 0 Å². The molecule has 2 fully saturated rings. The number of ether oxygens (including phenoxy) is 1. The van der Waals surface area contributed by atoms with E-state index in [4.69, 9.17) is 15.5 Å². The Balaban J connectivity index is 1.12. The highest BCUT2D eigenvalue weighted by atomic mass is 16.5. The standard InChI is InChI=1S/C43H50N6O4/c1-43(44,18-22-48-23-25-53-26-24-48)40(50)31-11-7-12-32(27-31)41(51)47-38-16-15-34(49-20-5-2-6-21-49)29-36(38)39-28-33(17-19-45-39)42(52)46-37-14-8-10-30-9-3-4-13-35(30)37/h3-4,7,9,11-13,15-17,19,27-29,37H,2,5-6,8,10,14,18,20-26,44H2,1H3,(H,46,52)(H,47,51)/t37-,43?/m1/s1. The van der Waals surface area contributed by atoms with Crippen LogP contribution in [0.3, 0.4) is 0 Å². The molecule has 3 heterocycles. The second-order valence-corrected chi connectivity index (χ2v) is 14.8. The molecular formula is C43H50N6O4. The van der Waals surface area contributed by atoms with Crippen molar-refractivity contribution in [2.45, 2.75) is 63.5 Å². The number of morpholine rings is 1. The lowest BCUT2D eigenvalue weighted by Crippen LogP contribution is -2.48. The number of ketones is 1. The van der Waals surface area contributed by atoms with E-state index < -0.39 is 5.54 Å². The molecule has 1 aromatic heterocycles. The van der Waals surface area contributed by atoms with Gasteiger partial charge in [-0.15, -0.1) is 0 Å². The number of piperidine rings is 1. The van der Waals surface area contributed by atoms with Crippen molar-refractivity contribution in [3.63, 3.8) is 0 Å². The molecule has 7 rings (SSSR count). The van der Waals surface area contributed by atoms with Gasteiger partial charge >= 0.3 is 0 Å². The number of aromatic nitrogens is 1. The van der Waals surface area contributed by atoms with Crippen molar-refractivity contribution < 1.29 is 19.1 Å². The summed E-state index contributed by atoms with van der Waals surface area (Å²) >= 11 is 0. The smallest absolute Gasteiger partial charge is 0.255 e. The highest BCUT2D eigenvalue weighted by Gasteiger charge is 2.31. The van der Waals surface area contributed by atoms with Crippen LogP contribution in [0.4, 0.5) is 11.4 Å². The molecule has 10 heteroatoms. The average molecular weight is 715 g/mol. The molecule has 53 heavy (non-hydrogen) atoms. The molecule has 2 atom stereocenters. The van der Waals surface area contributed by atoms with E-state index in [1.54, 1.807) is 49.5 Å². The van der Waals surface area contributed by atoms with Gasteiger partial charge in [0.1, 0.15) is 0 Å². The largest absolute Gasteiger partial charge is 0.379 e. The van der Waals surface area contributed by atoms with Crippen LogP contribution in [0.5, 0.6) is 0 Å². The van der Waals surface area contributed by atoms with Gasteiger partial charge < -0.3 is 26.0 Å². The number of rotatable bonds is 11. The number of benzene rings is 3. The van der Waals surface area contributed by atoms with Crippen molar-refractivity contribution >= 4 is 29.0 Å². The third-order valence-electron chi connectivity index (χ3n) is 10.9. The maximum atomic E-state index is 13.9. The van der Waals surface area contributed by atoms with E-state index in [1.807, 2.05) is 24.3 Å². The lowest BCUT2D eigenvalue weighted by atomic mass is 9.87. The Kier molecular flexibility index (Phi) is 11.3. The lowest BCUT2D eigenvalue weighted by molar-refractivity contribution is 0.0347. The van der Waals surface area contributed by atoms with Crippen LogP contribution in [0, 0.1) is 0 Å². The number of carbonyl (C=O) groups excluding carboxylic acids is 3. The molecule has 10 nitrogen and oxygen atoms in total. The molecule has 1 aliphatic carbocycles. The zero-order valence-electron chi connectivity index (χ0n) is 30.6. The number of aryl methyl sites for hydroxylation is 1. The van der Waals surface area contributed by atoms with Crippen LogP contribution in [-0.2, 0) is 11.2 Å². The number of nitrogens with one attached hydrogen (secondary N) is 2. The third-order valence-corrected chi connectivity index (χ3v) is 10.9. The molecule has 3 aliphatic rings. The molecule has 4 N–H and O–H groups in total. The Labute approximate surface area is 312 Å². The fourth-order valence-corrected chi connectivity index (χ4v) is 7.72. The summed E-state index contributed by atoms with van der Waals surface area (Å²) in [6.07, 6.45) is 8.52. The van der Waals surface area contributed by atoms with Gasteiger partial charge in [-0.1, -0.05) is 36.4 Å². The maximum absolute atomic E-state index is 13.9. The fraction of sp³-hybridized carbons (Fsp3) is 0.395. The number of hydrogen-bond donors (Lipinski definition) is 3. The van der Waals surface area contributed by atoms with Crippen LogP contribution in [0.25, 0.3) is 11.3 Å². The van der Waals surface area contributed by atoms with Gasteiger partial charge in [-0.2, -0.15) is 0 Å². The summed E-state index contributed by atoms with van der Waals surface area (Å²) in [5.41, 5.74) is 12.1. The second-order valence-electron chi connectivity index (χ2n) is 14.8. The Bertz CT molecular complexity index is 1950. The van der Waals surface area contributed by atoms with Gasteiger partial charge in [0, 0.05) is 66.9 Å². The molecule has 2 aliphatic heterocycles. The summed E-state index contributed by atoms with van der Waals surface area (Å²) < 4.78 is 5.44. The Morgan fingerprint density at radius 1 is 0.849 bits per heavy atom. The molecule has 0 saturated carbocycles. The highest BCUT2D eigenvalue weighted by Crippen LogP contribution is 2.34. The van der Waals surface area contributed by atoms with E-state index in [0.29, 0.717) is 59.8 Å². The number of amides is 2. The second kappa shape index (κ2) is 16.4. The molecule has 4 aromatic rings. The molecule has 0 radical (unpaired) electrons. The monoisotopic (exact) mass is 714 g/mol. The minimum atomic E-state index is -1.09. The first kappa shape index (κ1) is 36.5. The summed E-state index contributed by atoms with van der Waals surface area (Å²) in [5, 5.41) is 6.36. The predicted octanol–water partition coefficient (Wildman–Crippen LogP) is 6.42. The van der Waals surface area contributed by atoms with Crippen LogP contribution < -0.4 is 21.3 Å². The predicted molar refractivity (Wildman–Crippen MR) is 209 cm³/mol. The topological polar surface area (TPSA) is 130 Å². The van der Waals surface area contributed by atoms with Crippen molar-refractivity contribution in [2.75, 3.05) is 56.2 Å². The molecular weight excluding hydrogens is 665 g/mol.